The Hall–Kier alpha value is -1.92. The second kappa shape index (κ2) is 10.2. The Kier molecular flexibility index (Phi) is 7.88. The number of amides is 2. The van der Waals surface area contributed by atoms with E-state index in [1.807, 2.05) is 30.5 Å². The van der Waals surface area contributed by atoms with E-state index in [1.54, 1.807) is 23.9 Å². The fraction of sp³-hybridized carbons (Fsp3) is 0.333. The standard InChI is InChI=1S/C18H21ClN2O3S/c1-25-12-9-15(21-18(23)16-3-2-11-24-16)17(22)20-10-8-13-4-6-14(19)7-5-13/h2-7,11,15H,8-10,12H2,1H3,(H,20,22)(H,21,23)/t15-/m0/s1. The summed E-state index contributed by atoms with van der Waals surface area (Å²) in [6.07, 6.45) is 4.65. The van der Waals surface area contributed by atoms with Crippen LogP contribution in [0.2, 0.25) is 5.02 Å². The molecule has 0 saturated carbocycles. The first kappa shape index (κ1) is 19.4. The van der Waals surface area contributed by atoms with Crippen molar-refractivity contribution in [3.8, 4) is 0 Å². The zero-order valence-corrected chi connectivity index (χ0v) is 15.5. The smallest absolute Gasteiger partial charge is 0.287 e. The second-order valence-electron chi connectivity index (χ2n) is 5.45. The third-order valence-corrected chi connectivity index (χ3v) is 4.50. The molecule has 2 amide bonds. The van der Waals surface area contributed by atoms with Crippen LogP contribution in [0, 0.1) is 0 Å². The zero-order chi connectivity index (χ0) is 18.1. The molecule has 0 radical (unpaired) electrons. The number of carbonyl (C=O) groups is 2. The van der Waals surface area contributed by atoms with Gasteiger partial charge in [0.05, 0.1) is 6.26 Å². The molecule has 0 aliphatic carbocycles. The van der Waals surface area contributed by atoms with Gasteiger partial charge >= 0.3 is 0 Å². The monoisotopic (exact) mass is 380 g/mol. The van der Waals surface area contributed by atoms with E-state index in [0.29, 0.717) is 24.4 Å². The molecule has 0 aliphatic heterocycles. The van der Waals surface area contributed by atoms with E-state index in [4.69, 9.17) is 16.0 Å². The minimum Gasteiger partial charge on any atom is -0.459 e. The van der Waals surface area contributed by atoms with Crippen LogP contribution in [0.5, 0.6) is 0 Å². The van der Waals surface area contributed by atoms with Crippen molar-refractivity contribution in [1.82, 2.24) is 10.6 Å². The first-order valence-corrected chi connectivity index (χ1v) is 9.73. The molecule has 0 saturated heterocycles. The molecular formula is C18H21ClN2O3S. The third kappa shape index (κ3) is 6.48. The number of furan rings is 1. The summed E-state index contributed by atoms with van der Waals surface area (Å²) in [6, 6.07) is 10.1. The molecule has 25 heavy (non-hydrogen) atoms. The van der Waals surface area contributed by atoms with E-state index in [2.05, 4.69) is 10.6 Å². The van der Waals surface area contributed by atoms with Crippen LogP contribution in [-0.2, 0) is 11.2 Å². The number of nitrogens with one attached hydrogen (secondary N) is 2. The number of carbonyl (C=O) groups excluding carboxylic acids is 2. The van der Waals surface area contributed by atoms with Gasteiger partial charge in [0, 0.05) is 11.6 Å². The van der Waals surface area contributed by atoms with Gasteiger partial charge in [-0.1, -0.05) is 23.7 Å². The quantitative estimate of drug-likeness (QED) is 0.701. The minimum absolute atomic E-state index is 0.192. The highest BCUT2D eigenvalue weighted by Gasteiger charge is 2.21. The van der Waals surface area contributed by atoms with E-state index in [9.17, 15) is 9.59 Å². The molecule has 1 aromatic carbocycles. The van der Waals surface area contributed by atoms with Crippen molar-refractivity contribution >= 4 is 35.2 Å². The molecule has 0 aliphatic rings. The van der Waals surface area contributed by atoms with Crippen LogP contribution in [0.1, 0.15) is 22.5 Å². The van der Waals surface area contributed by atoms with Crippen molar-refractivity contribution in [3.63, 3.8) is 0 Å². The lowest BCUT2D eigenvalue weighted by atomic mass is 10.1. The highest BCUT2D eigenvalue weighted by atomic mass is 35.5. The molecule has 134 valence electrons. The van der Waals surface area contributed by atoms with Crippen LogP contribution in [0.4, 0.5) is 0 Å². The lowest BCUT2D eigenvalue weighted by Gasteiger charge is -2.17. The van der Waals surface area contributed by atoms with Gasteiger partial charge in [0.1, 0.15) is 6.04 Å². The van der Waals surface area contributed by atoms with Gasteiger partial charge in [-0.25, -0.2) is 0 Å². The summed E-state index contributed by atoms with van der Waals surface area (Å²) in [6.45, 7) is 0.493. The number of benzene rings is 1. The number of hydrogen-bond acceptors (Lipinski definition) is 4. The van der Waals surface area contributed by atoms with Crippen molar-refractivity contribution < 1.29 is 14.0 Å². The molecule has 5 nitrogen and oxygen atoms in total. The molecule has 0 fully saturated rings. The van der Waals surface area contributed by atoms with Crippen LogP contribution >= 0.6 is 23.4 Å². The van der Waals surface area contributed by atoms with E-state index in [-0.39, 0.29) is 17.6 Å². The van der Waals surface area contributed by atoms with Gasteiger partial charge in [-0.2, -0.15) is 11.8 Å². The number of thioether (sulfide) groups is 1. The first-order chi connectivity index (χ1) is 12.1. The number of rotatable bonds is 9. The maximum atomic E-state index is 12.4. The van der Waals surface area contributed by atoms with Gasteiger partial charge in [-0.3, -0.25) is 9.59 Å². The summed E-state index contributed by atoms with van der Waals surface area (Å²) in [4.78, 5) is 24.5. The maximum absolute atomic E-state index is 12.4. The van der Waals surface area contributed by atoms with E-state index in [1.165, 1.54) is 6.26 Å². The fourth-order valence-corrected chi connectivity index (χ4v) is 2.84. The van der Waals surface area contributed by atoms with Gasteiger partial charge < -0.3 is 15.1 Å². The first-order valence-electron chi connectivity index (χ1n) is 7.95. The van der Waals surface area contributed by atoms with Crippen molar-refractivity contribution in [2.45, 2.75) is 18.9 Å². The second-order valence-corrected chi connectivity index (χ2v) is 6.87. The maximum Gasteiger partial charge on any atom is 0.287 e. The zero-order valence-electron chi connectivity index (χ0n) is 14.0. The molecule has 1 atom stereocenters. The number of halogens is 1. The largest absolute Gasteiger partial charge is 0.459 e. The summed E-state index contributed by atoms with van der Waals surface area (Å²) in [7, 11) is 0. The van der Waals surface area contributed by atoms with Crippen LogP contribution < -0.4 is 10.6 Å². The molecule has 0 spiro atoms. The Morgan fingerprint density at radius 1 is 1.24 bits per heavy atom. The average molecular weight is 381 g/mol. The minimum atomic E-state index is -0.588. The molecule has 1 aromatic heterocycles. The molecule has 2 N–H and O–H groups in total. The Labute approximate surface area is 156 Å². The lowest BCUT2D eigenvalue weighted by molar-refractivity contribution is -0.123. The molecule has 0 bridgehead atoms. The molecule has 0 unspecified atom stereocenters. The van der Waals surface area contributed by atoms with Crippen molar-refractivity contribution in [2.75, 3.05) is 18.6 Å². The van der Waals surface area contributed by atoms with Gasteiger partial charge in [-0.15, -0.1) is 0 Å². The molecule has 2 rings (SSSR count). The summed E-state index contributed by atoms with van der Waals surface area (Å²) in [5.74, 6) is 0.392. The van der Waals surface area contributed by atoms with Crippen LogP contribution in [-0.4, -0.2) is 36.4 Å². The van der Waals surface area contributed by atoms with Crippen LogP contribution in [0.15, 0.2) is 47.1 Å². The van der Waals surface area contributed by atoms with Gasteiger partial charge in [-0.05, 0) is 54.7 Å². The van der Waals surface area contributed by atoms with Crippen molar-refractivity contribution in [1.29, 1.82) is 0 Å². The predicted octanol–water partition coefficient (Wildman–Crippen LogP) is 3.14. The van der Waals surface area contributed by atoms with E-state index >= 15 is 0 Å². The average Bonchev–Trinajstić information content (AvgIpc) is 3.14. The highest BCUT2D eigenvalue weighted by molar-refractivity contribution is 7.98. The topological polar surface area (TPSA) is 71.3 Å². The third-order valence-electron chi connectivity index (χ3n) is 3.60. The molecular weight excluding hydrogens is 360 g/mol. The Morgan fingerprint density at radius 3 is 2.64 bits per heavy atom. The van der Waals surface area contributed by atoms with Crippen molar-refractivity contribution in [3.05, 3.63) is 59.0 Å². The summed E-state index contributed by atoms with van der Waals surface area (Å²) < 4.78 is 5.07. The molecule has 1 heterocycles. The van der Waals surface area contributed by atoms with Gasteiger partial charge in [0.2, 0.25) is 5.91 Å². The Balaban J connectivity index is 1.86. The van der Waals surface area contributed by atoms with E-state index < -0.39 is 6.04 Å². The molecule has 2 aromatic rings. The molecule has 7 heteroatoms. The van der Waals surface area contributed by atoms with Crippen molar-refractivity contribution in [2.24, 2.45) is 0 Å². The van der Waals surface area contributed by atoms with Gasteiger partial charge in [0.15, 0.2) is 5.76 Å². The Bertz CT molecular complexity index is 674. The van der Waals surface area contributed by atoms with Crippen LogP contribution in [0.25, 0.3) is 0 Å². The summed E-state index contributed by atoms with van der Waals surface area (Å²) in [5.41, 5.74) is 1.09. The van der Waals surface area contributed by atoms with Gasteiger partial charge in [0.25, 0.3) is 5.91 Å². The predicted molar refractivity (Wildman–Crippen MR) is 101 cm³/mol. The fourth-order valence-electron chi connectivity index (χ4n) is 2.25. The summed E-state index contributed by atoms with van der Waals surface area (Å²) >= 11 is 7.48. The van der Waals surface area contributed by atoms with E-state index in [0.717, 1.165) is 11.3 Å². The number of hydrogen-bond donors (Lipinski definition) is 2. The SMILES string of the molecule is CSCC[C@H](NC(=O)c1ccco1)C(=O)NCCc1ccc(Cl)cc1. The lowest BCUT2D eigenvalue weighted by Crippen LogP contribution is -2.47. The highest BCUT2D eigenvalue weighted by Crippen LogP contribution is 2.10. The summed E-state index contributed by atoms with van der Waals surface area (Å²) in [5, 5.41) is 6.30. The normalized spacial score (nSPS) is 11.8. The van der Waals surface area contributed by atoms with Crippen LogP contribution in [0.3, 0.4) is 0 Å². The Morgan fingerprint density at radius 2 is 2.00 bits per heavy atom.